The molecule has 9 heteroatoms. The third-order valence-corrected chi connectivity index (χ3v) is 7.53. The van der Waals surface area contributed by atoms with Gasteiger partial charge in [-0.1, -0.05) is 6.07 Å². The highest BCUT2D eigenvalue weighted by atomic mass is 32.1. The van der Waals surface area contributed by atoms with E-state index >= 15 is 0 Å². The molecule has 0 saturated carbocycles. The van der Waals surface area contributed by atoms with Gasteiger partial charge in [0.15, 0.2) is 0 Å². The van der Waals surface area contributed by atoms with Crippen LogP contribution in [0.2, 0.25) is 0 Å². The van der Waals surface area contributed by atoms with E-state index in [0.29, 0.717) is 32.9 Å². The molecule has 7 nitrogen and oxygen atoms in total. The summed E-state index contributed by atoms with van der Waals surface area (Å²) in [5.74, 6) is 0.0649. The SMILES string of the molecule is Cc1ncc(CN2CCO[C@@H](c3c(C(=O)N4CCOCC4)sc4ncccc34)C2)s1. The number of carbonyl (C=O) groups excluding carboxylic acids is 1. The predicted octanol–water partition coefficient (Wildman–Crippen LogP) is 3.11. The Hall–Kier alpha value is -1.91. The maximum absolute atomic E-state index is 13.4. The molecule has 1 atom stereocenters. The van der Waals surface area contributed by atoms with E-state index < -0.39 is 0 Å². The van der Waals surface area contributed by atoms with Gasteiger partial charge in [-0.05, 0) is 13.0 Å². The van der Waals surface area contributed by atoms with Crippen molar-refractivity contribution in [2.45, 2.75) is 19.6 Å². The molecule has 158 valence electrons. The van der Waals surface area contributed by atoms with E-state index in [2.05, 4.69) is 20.9 Å². The summed E-state index contributed by atoms with van der Waals surface area (Å²) < 4.78 is 11.6. The van der Waals surface area contributed by atoms with Crippen LogP contribution in [0.15, 0.2) is 24.5 Å². The molecule has 2 aliphatic rings. The second-order valence-electron chi connectivity index (χ2n) is 7.55. The topological polar surface area (TPSA) is 67.8 Å². The Bertz CT molecular complexity index is 1040. The number of hydrogen-bond acceptors (Lipinski definition) is 8. The number of morpholine rings is 2. The average molecular weight is 445 g/mol. The van der Waals surface area contributed by atoms with Crippen LogP contribution in [-0.2, 0) is 16.0 Å². The van der Waals surface area contributed by atoms with Crippen molar-refractivity contribution in [1.29, 1.82) is 0 Å². The van der Waals surface area contributed by atoms with Gasteiger partial charge in [-0.3, -0.25) is 9.69 Å². The van der Waals surface area contributed by atoms with Crippen LogP contribution in [0.5, 0.6) is 0 Å². The van der Waals surface area contributed by atoms with Crippen LogP contribution in [0.1, 0.15) is 31.2 Å². The van der Waals surface area contributed by atoms with Crippen LogP contribution >= 0.6 is 22.7 Å². The van der Waals surface area contributed by atoms with Gasteiger partial charge in [0.2, 0.25) is 0 Å². The summed E-state index contributed by atoms with van der Waals surface area (Å²) in [6.45, 7) is 7.60. The zero-order chi connectivity index (χ0) is 20.5. The van der Waals surface area contributed by atoms with Crippen LogP contribution in [0, 0.1) is 6.92 Å². The molecular formula is C21H24N4O3S2. The summed E-state index contributed by atoms with van der Waals surface area (Å²) in [4.78, 5) is 29.5. The predicted molar refractivity (Wildman–Crippen MR) is 117 cm³/mol. The molecule has 0 N–H and O–H groups in total. The fourth-order valence-electron chi connectivity index (χ4n) is 4.06. The number of pyridine rings is 1. The number of nitrogens with zero attached hydrogens (tertiary/aromatic N) is 4. The van der Waals surface area contributed by atoms with Crippen molar-refractivity contribution in [3.8, 4) is 0 Å². The molecule has 5 rings (SSSR count). The third kappa shape index (κ3) is 4.00. The minimum Gasteiger partial charge on any atom is -0.378 e. The highest BCUT2D eigenvalue weighted by Gasteiger charge is 2.32. The van der Waals surface area contributed by atoms with E-state index in [1.165, 1.54) is 16.2 Å². The zero-order valence-electron chi connectivity index (χ0n) is 16.9. The van der Waals surface area contributed by atoms with Crippen molar-refractivity contribution in [1.82, 2.24) is 19.8 Å². The van der Waals surface area contributed by atoms with E-state index in [1.807, 2.05) is 24.1 Å². The molecule has 0 unspecified atom stereocenters. The smallest absolute Gasteiger partial charge is 0.264 e. The fraction of sp³-hybridized carbons (Fsp3) is 0.476. The summed E-state index contributed by atoms with van der Waals surface area (Å²) in [5.41, 5.74) is 0.991. The first-order valence-electron chi connectivity index (χ1n) is 10.2. The number of amides is 1. The summed E-state index contributed by atoms with van der Waals surface area (Å²) in [6.07, 6.45) is 3.60. The van der Waals surface area contributed by atoms with Crippen LogP contribution in [-0.4, -0.2) is 71.7 Å². The highest BCUT2D eigenvalue weighted by molar-refractivity contribution is 7.20. The molecule has 2 aliphatic heterocycles. The van der Waals surface area contributed by atoms with E-state index in [4.69, 9.17) is 9.47 Å². The van der Waals surface area contributed by atoms with Gasteiger partial charge in [0.05, 0.1) is 30.9 Å². The van der Waals surface area contributed by atoms with E-state index in [9.17, 15) is 4.79 Å². The lowest BCUT2D eigenvalue weighted by Crippen LogP contribution is -2.41. The van der Waals surface area contributed by atoms with Gasteiger partial charge in [-0.2, -0.15) is 0 Å². The lowest BCUT2D eigenvalue weighted by molar-refractivity contribution is -0.0322. The van der Waals surface area contributed by atoms with Gasteiger partial charge >= 0.3 is 0 Å². The van der Waals surface area contributed by atoms with Crippen LogP contribution in [0.4, 0.5) is 0 Å². The fourth-order valence-corrected chi connectivity index (χ4v) is 6.06. The third-order valence-electron chi connectivity index (χ3n) is 5.52. The number of aromatic nitrogens is 2. The quantitative estimate of drug-likeness (QED) is 0.616. The molecule has 1 amide bonds. The maximum Gasteiger partial charge on any atom is 0.264 e. The molecule has 3 aromatic heterocycles. The Morgan fingerprint density at radius 3 is 2.87 bits per heavy atom. The van der Waals surface area contributed by atoms with Gasteiger partial charge in [0.25, 0.3) is 5.91 Å². The number of ether oxygens (including phenoxy) is 2. The molecular weight excluding hydrogens is 420 g/mol. The van der Waals surface area contributed by atoms with Crippen molar-refractivity contribution >= 4 is 38.8 Å². The van der Waals surface area contributed by atoms with Gasteiger partial charge in [0, 0.05) is 60.9 Å². The average Bonchev–Trinajstić information content (AvgIpc) is 3.37. The lowest BCUT2D eigenvalue weighted by Gasteiger charge is -2.33. The molecule has 0 radical (unpaired) electrons. The van der Waals surface area contributed by atoms with Crippen molar-refractivity contribution in [3.05, 3.63) is 44.9 Å². The van der Waals surface area contributed by atoms with Crippen molar-refractivity contribution in [2.75, 3.05) is 46.0 Å². The number of rotatable bonds is 4. The van der Waals surface area contributed by atoms with Crippen LogP contribution in [0.3, 0.4) is 0 Å². The summed E-state index contributed by atoms with van der Waals surface area (Å²) in [6, 6.07) is 3.99. The Kier molecular flexibility index (Phi) is 5.79. The Balaban J connectivity index is 1.45. The molecule has 2 saturated heterocycles. The first kappa shape index (κ1) is 20.0. The summed E-state index contributed by atoms with van der Waals surface area (Å²) >= 11 is 3.21. The normalized spacial score (nSPS) is 20.7. The Morgan fingerprint density at radius 1 is 1.20 bits per heavy atom. The number of thiazole rings is 1. The van der Waals surface area contributed by atoms with Gasteiger partial charge in [-0.15, -0.1) is 22.7 Å². The molecule has 0 aliphatic carbocycles. The number of fused-ring (bicyclic) bond motifs is 1. The monoisotopic (exact) mass is 444 g/mol. The molecule has 30 heavy (non-hydrogen) atoms. The van der Waals surface area contributed by atoms with Gasteiger partial charge in [0.1, 0.15) is 9.71 Å². The number of hydrogen-bond donors (Lipinski definition) is 0. The summed E-state index contributed by atoms with van der Waals surface area (Å²) in [7, 11) is 0. The number of thiophene rings is 1. The molecule has 5 heterocycles. The first-order chi connectivity index (χ1) is 14.7. The number of aryl methyl sites for hydroxylation is 1. The molecule has 2 fully saturated rings. The zero-order valence-corrected chi connectivity index (χ0v) is 18.5. The largest absolute Gasteiger partial charge is 0.378 e. The first-order valence-corrected chi connectivity index (χ1v) is 11.8. The second kappa shape index (κ2) is 8.68. The van der Waals surface area contributed by atoms with Crippen molar-refractivity contribution in [2.24, 2.45) is 0 Å². The second-order valence-corrected chi connectivity index (χ2v) is 9.86. The summed E-state index contributed by atoms with van der Waals surface area (Å²) in [5, 5.41) is 2.11. The molecule has 3 aromatic rings. The number of carbonyl (C=O) groups is 1. The minimum absolute atomic E-state index is 0.0649. The molecule has 0 spiro atoms. The lowest BCUT2D eigenvalue weighted by atomic mass is 10.0. The van der Waals surface area contributed by atoms with E-state index in [-0.39, 0.29) is 12.0 Å². The van der Waals surface area contributed by atoms with Gasteiger partial charge < -0.3 is 14.4 Å². The van der Waals surface area contributed by atoms with E-state index in [0.717, 1.165) is 45.3 Å². The maximum atomic E-state index is 13.4. The molecule has 0 aromatic carbocycles. The standard InChI is InChI=1S/C21H24N4O3S2/c1-14-23-11-15(29-14)12-24-5-10-28-17(13-24)18-16-3-2-4-22-20(16)30-19(18)21(26)25-6-8-27-9-7-25/h2-4,11,17H,5-10,12-13H2,1H3/t17-/m1/s1. The Labute approximate surface area is 183 Å². The van der Waals surface area contributed by atoms with Crippen molar-refractivity contribution in [3.63, 3.8) is 0 Å². The molecule has 0 bridgehead atoms. The van der Waals surface area contributed by atoms with Crippen LogP contribution in [0.25, 0.3) is 10.2 Å². The van der Waals surface area contributed by atoms with E-state index in [1.54, 1.807) is 17.5 Å². The van der Waals surface area contributed by atoms with Gasteiger partial charge in [-0.25, -0.2) is 9.97 Å². The minimum atomic E-state index is -0.147. The Morgan fingerprint density at radius 2 is 2.07 bits per heavy atom. The van der Waals surface area contributed by atoms with Crippen LogP contribution < -0.4 is 0 Å². The van der Waals surface area contributed by atoms with Crippen molar-refractivity contribution < 1.29 is 14.3 Å². The highest BCUT2D eigenvalue weighted by Crippen LogP contribution is 2.38.